The van der Waals surface area contributed by atoms with Gasteiger partial charge in [0.1, 0.15) is 0 Å². The summed E-state index contributed by atoms with van der Waals surface area (Å²) in [5.74, 6) is 0.774. The van der Waals surface area contributed by atoms with Crippen LogP contribution in [-0.2, 0) is 0 Å². The number of hydrogen-bond donors (Lipinski definition) is 3. The fourth-order valence-corrected chi connectivity index (χ4v) is 2.73. The van der Waals surface area contributed by atoms with Crippen LogP contribution in [0.4, 0.5) is 16.4 Å². The van der Waals surface area contributed by atoms with Crippen molar-refractivity contribution in [2.24, 2.45) is 0 Å². The molecule has 2 bridgehead atoms. The fourth-order valence-electron chi connectivity index (χ4n) is 2.73. The largest absolute Gasteiger partial charge is 0.416 e. The Morgan fingerprint density at radius 3 is 2.21 bits per heavy atom. The van der Waals surface area contributed by atoms with Crippen molar-refractivity contribution >= 4 is 29.1 Å². The molecule has 7 nitrogen and oxygen atoms in total. The second kappa shape index (κ2) is 9.95. The number of urea groups is 1. The van der Waals surface area contributed by atoms with Crippen molar-refractivity contribution in [3.63, 3.8) is 0 Å². The summed E-state index contributed by atoms with van der Waals surface area (Å²) in [5.41, 5.74) is 5.95. The number of nitrogens with one attached hydrogen (secondary N) is 2. The van der Waals surface area contributed by atoms with Crippen molar-refractivity contribution < 1.29 is 9.21 Å². The molecule has 0 aliphatic heterocycles. The summed E-state index contributed by atoms with van der Waals surface area (Å²) >= 11 is 0. The van der Waals surface area contributed by atoms with E-state index in [0.29, 0.717) is 17.9 Å². The number of nitrogens with zero attached hydrogens (tertiary/aromatic N) is 2. The molecule has 0 saturated heterocycles. The first-order chi connectivity index (χ1) is 11.7. The molecule has 2 aromatic rings. The number of carbonyl (C=O) groups excluding carboxylic acids is 1. The van der Waals surface area contributed by atoms with Gasteiger partial charge in [-0.05, 0) is 6.42 Å². The zero-order valence-electron chi connectivity index (χ0n) is 14.6. The molecule has 2 heterocycles. The highest BCUT2D eigenvalue weighted by atomic mass is 16.4. The number of hydrogen-bond acceptors (Lipinski definition) is 5. The molecule has 0 aromatic carbocycles. The minimum Gasteiger partial charge on any atom is -0.416 e. The Kier molecular flexibility index (Phi) is 7.58. The number of nitrogens with two attached hydrogens (primary N) is 1. The van der Waals surface area contributed by atoms with E-state index >= 15 is 0 Å². The highest BCUT2D eigenvalue weighted by molar-refractivity contribution is 5.95. The molecule has 0 spiro atoms. The van der Waals surface area contributed by atoms with Gasteiger partial charge >= 0.3 is 11.9 Å². The number of anilines is 2. The molecular weight excluding hydrogens is 306 g/mol. The predicted octanol–water partition coefficient (Wildman–Crippen LogP) is 4.29. The molecule has 4 N–H and O–H groups in total. The Morgan fingerprint density at radius 2 is 1.62 bits per heavy atom. The fraction of sp³-hybridized carbons (Fsp3) is 0.706. The van der Waals surface area contributed by atoms with Crippen LogP contribution in [0.25, 0.3) is 11.4 Å². The molecular formula is C17H29N5O2. The first kappa shape index (κ1) is 18.3. The third kappa shape index (κ3) is 5.86. The van der Waals surface area contributed by atoms with Crippen LogP contribution in [0, 0.1) is 0 Å². The molecule has 0 aliphatic carbocycles. The number of unbranched alkanes of at least 4 members (excludes halogenated alkanes) is 9. The van der Waals surface area contributed by atoms with Crippen LogP contribution in [0.15, 0.2) is 4.42 Å². The van der Waals surface area contributed by atoms with Crippen LogP contribution in [0.3, 0.4) is 0 Å². The normalized spacial score (nSPS) is 11.2. The number of aromatic nitrogens is 2. The van der Waals surface area contributed by atoms with Gasteiger partial charge in [0.05, 0.1) is 0 Å². The molecule has 2 aromatic heterocycles. The molecule has 0 fully saturated rings. The Bertz CT molecular complexity index is 598. The lowest BCUT2D eigenvalue weighted by Gasteiger charge is -2.06. The van der Waals surface area contributed by atoms with Gasteiger partial charge in [-0.15, -0.1) is 0 Å². The summed E-state index contributed by atoms with van der Waals surface area (Å²) < 4.78 is 5.17. The van der Waals surface area contributed by atoms with E-state index in [0.717, 1.165) is 12.8 Å². The lowest BCUT2D eigenvalue weighted by atomic mass is 10.1. The summed E-state index contributed by atoms with van der Waals surface area (Å²) in [4.78, 5) is 19.6. The van der Waals surface area contributed by atoms with Gasteiger partial charge < -0.3 is 15.5 Å². The Balaban J connectivity index is 1.44. The van der Waals surface area contributed by atoms with E-state index in [-0.39, 0.29) is 17.7 Å². The number of nitrogen functional groups attached to an aromatic ring is 1. The second-order valence-corrected chi connectivity index (χ2v) is 6.23. The van der Waals surface area contributed by atoms with E-state index in [1.54, 1.807) is 0 Å². The lowest BCUT2D eigenvalue weighted by Crippen LogP contribution is -2.29. The Morgan fingerprint density at radius 1 is 1.00 bits per heavy atom. The minimum atomic E-state index is -0.290. The van der Waals surface area contributed by atoms with Crippen molar-refractivity contribution in [1.82, 2.24) is 15.3 Å². The average molecular weight is 335 g/mol. The highest BCUT2D eigenvalue weighted by Gasteiger charge is 2.17. The summed E-state index contributed by atoms with van der Waals surface area (Å²) in [6, 6.07) is -0.290. The predicted molar refractivity (Wildman–Crippen MR) is 96.3 cm³/mol. The maximum atomic E-state index is 11.8. The van der Waals surface area contributed by atoms with E-state index in [2.05, 4.69) is 27.5 Å². The SMILES string of the molecule is CCCCCCCCCCCCNC(=O)Nc1nc2nc(N)c1o2. The molecule has 0 unspecified atom stereocenters. The highest BCUT2D eigenvalue weighted by Crippen LogP contribution is 2.26. The van der Waals surface area contributed by atoms with Gasteiger partial charge in [0.25, 0.3) is 0 Å². The van der Waals surface area contributed by atoms with Gasteiger partial charge in [0, 0.05) is 6.54 Å². The Labute approximate surface area is 143 Å². The minimum absolute atomic E-state index is 0.187. The number of carbonyl (C=O) groups is 1. The van der Waals surface area contributed by atoms with Gasteiger partial charge in [-0.25, -0.2) is 4.79 Å². The van der Waals surface area contributed by atoms with Crippen molar-refractivity contribution in [3.8, 4) is 0 Å². The van der Waals surface area contributed by atoms with E-state index < -0.39 is 0 Å². The molecule has 2 amide bonds. The van der Waals surface area contributed by atoms with E-state index in [1.165, 1.54) is 51.4 Å². The maximum absolute atomic E-state index is 11.8. The molecule has 0 atom stereocenters. The van der Waals surface area contributed by atoms with Gasteiger partial charge in [-0.3, -0.25) is 5.32 Å². The molecule has 2 rings (SSSR count). The summed E-state index contributed by atoms with van der Waals surface area (Å²) in [6.07, 6.45) is 12.8. The summed E-state index contributed by atoms with van der Waals surface area (Å²) in [6.45, 7) is 2.90. The smallest absolute Gasteiger partial charge is 0.326 e. The molecule has 0 saturated carbocycles. The van der Waals surface area contributed by atoms with Crippen LogP contribution < -0.4 is 16.4 Å². The van der Waals surface area contributed by atoms with E-state index in [1.807, 2.05) is 0 Å². The van der Waals surface area contributed by atoms with Crippen LogP contribution in [0.1, 0.15) is 71.1 Å². The lowest BCUT2D eigenvalue weighted by molar-refractivity contribution is 0.252. The quantitative estimate of drug-likeness (QED) is 0.502. The van der Waals surface area contributed by atoms with Crippen LogP contribution in [-0.4, -0.2) is 22.5 Å². The average Bonchev–Trinajstić information content (AvgIpc) is 3.11. The molecule has 0 aliphatic rings. The molecule has 0 radical (unpaired) electrons. The summed E-state index contributed by atoms with van der Waals surface area (Å²) in [5, 5.41) is 5.45. The van der Waals surface area contributed by atoms with Gasteiger partial charge in [0.2, 0.25) is 5.58 Å². The first-order valence-corrected chi connectivity index (χ1v) is 9.11. The number of amides is 2. The van der Waals surface area contributed by atoms with Crippen LogP contribution in [0.5, 0.6) is 0 Å². The van der Waals surface area contributed by atoms with Gasteiger partial charge in [-0.2, -0.15) is 9.97 Å². The van der Waals surface area contributed by atoms with Crippen molar-refractivity contribution in [2.45, 2.75) is 71.1 Å². The first-order valence-electron chi connectivity index (χ1n) is 9.11. The van der Waals surface area contributed by atoms with Crippen LogP contribution in [0.2, 0.25) is 0 Å². The third-order valence-electron chi connectivity index (χ3n) is 4.11. The van der Waals surface area contributed by atoms with Gasteiger partial charge in [0.15, 0.2) is 11.6 Å². The number of oxazole rings is 2. The Hall–Kier alpha value is -2.05. The number of fused-ring (bicyclic) bond motifs is 2. The van der Waals surface area contributed by atoms with Crippen molar-refractivity contribution in [3.05, 3.63) is 0 Å². The van der Waals surface area contributed by atoms with Crippen molar-refractivity contribution in [2.75, 3.05) is 17.6 Å². The topological polar surface area (TPSA) is 106 Å². The van der Waals surface area contributed by atoms with Gasteiger partial charge in [-0.1, -0.05) is 64.7 Å². The standard InChI is InChI=1S/C17H29N5O2/c1-2-3-4-5-6-7-8-9-10-11-12-19-16(23)21-15-13-14(18)20-17(22-15)24-13/h2-12H2,1H3,(H4,18,19,20,21,22,23). The van der Waals surface area contributed by atoms with Crippen molar-refractivity contribution in [1.29, 1.82) is 0 Å². The molecule has 7 heteroatoms. The molecule has 134 valence electrons. The number of rotatable bonds is 12. The third-order valence-corrected chi connectivity index (χ3v) is 4.11. The monoisotopic (exact) mass is 335 g/mol. The van der Waals surface area contributed by atoms with E-state index in [4.69, 9.17) is 10.2 Å². The van der Waals surface area contributed by atoms with Crippen LogP contribution >= 0.6 is 0 Å². The summed E-state index contributed by atoms with van der Waals surface area (Å²) in [7, 11) is 0. The maximum Gasteiger partial charge on any atom is 0.326 e. The zero-order valence-corrected chi connectivity index (χ0v) is 14.6. The second-order valence-electron chi connectivity index (χ2n) is 6.23. The molecule has 24 heavy (non-hydrogen) atoms. The van der Waals surface area contributed by atoms with E-state index in [9.17, 15) is 4.79 Å². The zero-order chi connectivity index (χ0) is 17.2.